The third kappa shape index (κ3) is 5.22. The highest BCUT2D eigenvalue weighted by atomic mass is 32.2. The molecule has 0 amide bonds. The standard InChI is InChI=1S/C26H25FN4O4S/c1-26(2)24(18-9-7-17(8-10-18)19-11-13-29-20(15-19)16-28)36(33,34)31-25(35-26)30-23(12-14-32)21-5-3-4-6-22(21)27/h3-11,13,15,23-24,32H,12,14H2,1-2H3,(H,30,31)/t23-,24-/m0/s1. The summed E-state index contributed by atoms with van der Waals surface area (Å²) >= 11 is 0. The van der Waals surface area contributed by atoms with Gasteiger partial charge in [0.1, 0.15) is 28.4 Å². The van der Waals surface area contributed by atoms with Crippen LogP contribution < -0.4 is 5.32 Å². The van der Waals surface area contributed by atoms with Gasteiger partial charge in [-0.3, -0.25) is 0 Å². The number of aromatic nitrogens is 1. The Bertz CT molecular complexity index is 1430. The molecule has 10 heteroatoms. The van der Waals surface area contributed by atoms with Gasteiger partial charge in [-0.05, 0) is 55.2 Å². The molecule has 0 fully saturated rings. The summed E-state index contributed by atoms with van der Waals surface area (Å²) in [6.45, 7) is 3.04. The van der Waals surface area contributed by atoms with Gasteiger partial charge in [-0.2, -0.15) is 5.26 Å². The Balaban J connectivity index is 1.63. The van der Waals surface area contributed by atoms with E-state index in [2.05, 4.69) is 14.7 Å². The van der Waals surface area contributed by atoms with E-state index < -0.39 is 32.7 Å². The number of nitriles is 1. The molecule has 0 saturated carbocycles. The molecule has 4 rings (SSSR count). The van der Waals surface area contributed by atoms with Crippen molar-refractivity contribution in [2.24, 2.45) is 4.40 Å². The van der Waals surface area contributed by atoms with E-state index in [4.69, 9.17) is 10.00 Å². The minimum atomic E-state index is -4.08. The molecule has 2 heterocycles. The highest BCUT2D eigenvalue weighted by Crippen LogP contribution is 2.41. The van der Waals surface area contributed by atoms with Crippen molar-refractivity contribution in [3.8, 4) is 17.2 Å². The number of hydrogen-bond donors (Lipinski definition) is 2. The maximum Gasteiger partial charge on any atom is 0.301 e. The first-order valence-electron chi connectivity index (χ1n) is 11.3. The van der Waals surface area contributed by atoms with E-state index in [1.807, 2.05) is 6.07 Å². The number of ether oxygens (including phenoxy) is 1. The number of sulfonamides is 1. The van der Waals surface area contributed by atoms with Crippen LogP contribution in [0.4, 0.5) is 4.39 Å². The Morgan fingerprint density at radius 1 is 1.17 bits per heavy atom. The summed E-state index contributed by atoms with van der Waals surface area (Å²) < 4.78 is 50.8. The van der Waals surface area contributed by atoms with Gasteiger partial charge in [0.15, 0.2) is 0 Å². The Kier molecular flexibility index (Phi) is 7.06. The van der Waals surface area contributed by atoms with E-state index in [0.29, 0.717) is 5.56 Å². The molecular weight excluding hydrogens is 483 g/mol. The van der Waals surface area contributed by atoms with Crippen LogP contribution in [-0.2, 0) is 14.8 Å². The van der Waals surface area contributed by atoms with Crippen LogP contribution in [0.2, 0.25) is 0 Å². The zero-order chi connectivity index (χ0) is 25.9. The van der Waals surface area contributed by atoms with Gasteiger partial charge in [0, 0.05) is 18.4 Å². The largest absolute Gasteiger partial charge is 0.457 e. The SMILES string of the molecule is CC1(C)OC(N[C@@H](CCO)c2ccccc2F)=NS(=O)(=O)[C@H]1c1ccc(-c2ccnc(C#N)c2)cc1. The summed E-state index contributed by atoms with van der Waals surface area (Å²) in [4.78, 5) is 3.96. The average Bonchev–Trinajstić information content (AvgIpc) is 2.83. The molecule has 2 aromatic carbocycles. The van der Waals surface area contributed by atoms with E-state index in [9.17, 15) is 17.9 Å². The van der Waals surface area contributed by atoms with Crippen molar-refractivity contribution in [2.45, 2.75) is 37.2 Å². The lowest BCUT2D eigenvalue weighted by Gasteiger charge is -2.38. The summed E-state index contributed by atoms with van der Waals surface area (Å²) in [5.41, 5.74) is 1.40. The van der Waals surface area contributed by atoms with Crippen LogP contribution in [0.5, 0.6) is 0 Å². The van der Waals surface area contributed by atoms with Crippen LogP contribution in [0.15, 0.2) is 71.3 Å². The number of amidine groups is 1. The molecule has 1 aliphatic heterocycles. The van der Waals surface area contributed by atoms with Gasteiger partial charge in [-0.15, -0.1) is 4.40 Å². The molecule has 0 aliphatic carbocycles. The zero-order valence-corrected chi connectivity index (χ0v) is 20.5. The minimum absolute atomic E-state index is 0.122. The molecule has 2 N–H and O–H groups in total. The molecule has 0 spiro atoms. The highest BCUT2D eigenvalue weighted by molar-refractivity contribution is 7.90. The molecule has 1 aliphatic rings. The number of aliphatic hydroxyl groups excluding tert-OH is 1. The van der Waals surface area contributed by atoms with Crippen molar-refractivity contribution >= 4 is 16.0 Å². The number of rotatable bonds is 6. The average molecular weight is 509 g/mol. The fourth-order valence-corrected chi connectivity index (χ4v) is 6.03. The number of nitrogens with zero attached hydrogens (tertiary/aromatic N) is 3. The number of hydrogen-bond acceptors (Lipinski definition) is 7. The summed E-state index contributed by atoms with van der Waals surface area (Å²) in [6, 6.07) is 17.4. The van der Waals surface area contributed by atoms with E-state index in [-0.39, 0.29) is 30.3 Å². The molecule has 0 saturated heterocycles. The molecule has 0 unspecified atom stereocenters. The second kappa shape index (κ2) is 10.0. The van der Waals surface area contributed by atoms with Crippen LogP contribution in [0, 0.1) is 17.1 Å². The molecule has 0 bridgehead atoms. The first-order chi connectivity index (χ1) is 17.1. The van der Waals surface area contributed by atoms with E-state index in [1.165, 1.54) is 6.07 Å². The summed E-state index contributed by atoms with van der Waals surface area (Å²) in [6.07, 6.45) is 1.66. The molecule has 0 radical (unpaired) electrons. The van der Waals surface area contributed by atoms with Gasteiger partial charge in [-0.1, -0.05) is 42.5 Å². The van der Waals surface area contributed by atoms with E-state index >= 15 is 0 Å². The molecule has 36 heavy (non-hydrogen) atoms. The monoisotopic (exact) mass is 508 g/mol. The van der Waals surface area contributed by atoms with E-state index in [1.54, 1.807) is 74.6 Å². The molecular formula is C26H25FN4O4S. The van der Waals surface area contributed by atoms with Gasteiger partial charge < -0.3 is 15.2 Å². The smallest absolute Gasteiger partial charge is 0.301 e. The van der Waals surface area contributed by atoms with Crippen molar-refractivity contribution in [3.63, 3.8) is 0 Å². The first kappa shape index (κ1) is 25.3. The topological polar surface area (TPSA) is 125 Å². The maximum absolute atomic E-state index is 14.4. The van der Waals surface area contributed by atoms with Crippen LogP contribution in [0.25, 0.3) is 11.1 Å². The number of benzene rings is 2. The Morgan fingerprint density at radius 3 is 2.53 bits per heavy atom. The van der Waals surface area contributed by atoms with Gasteiger partial charge >= 0.3 is 6.02 Å². The lowest BCUT2D eigenvalue weighted by molar-refractivity contribution is 0.0759. The van der Waals surface area contributed by atoms with Crippen molar-refractivity contribution < 1.29 is 22.7 Å². The zero-order valence-electron chi connectivity index (χ0n) is 19.7. The van der Waals surface area contributed by atoms with Gasteiger partial charge in [0.05, 0.1) is 6.04 Å². The number of halogens is 1. The third-order valence-electron chi connectivity index (χ3n) is 5.92. The van der Waals surface area contributed by atoms with Crippen LogP contribution in [-0.4, -0.2) is 36.7 Å². The predicted molar refractivity (Wildman–Crippen MR) is 133 cm³/mol. The van der Waals surface area contributed by atoms with Crippen molar-refractivity contribution in [1.82, 2.24) is 10.3 Å². The Morgan fingerprint density at radius 2 is 1.89 bits per heavy atom. The Labute approximate surface area is 209 Å². The Hall–Kier alpha value is -3.81. The van der Waals surface area contributed by atoms with Gasteiger partial charge in [-0.25, -0.2) is 17.8 Å². The van der Waals surface area contributed by atoms with Crippen molar-refractivity contribution in [2.75, 3.05) is 6.61 Å². The maximum atomic E-state index is 14.4. The number of pyridine rings is 1. The van der Waals surface area contributed by atoms with Crippen molar-refractivity contribution in [1.29, 1.82) is 5.26 Å². The summed E-state index contributed by atoms with van der Waals surface area (Å²) in [7, 11) is -4.08. The summed E-state index contributed by atoms with van der Waals surface area (Å²) in [5.74, 6) is -0.490. The van der Waals surface area contributed by atoms with Crippen LogP contribution in [0.1, 0.15) is 48.4 Å². The number of aliphatic hydroxyl groups is 1. The lowest BCUT2D eigenvalue weighted by atomic mass is 9.95. The molecule has 186 valence electrons. The van der Waals surface area contributed by atoms with Crippen molar-refractivity contribution in [3.05, 3.63) is 89.5 Å². The van der Waals surface area contributed by atoms with E-state index in [0.717, 1.165) is 11.1 Å². The summed E-state index contributed by atoms with van der Waals surface area (Å²) in [5, 5.41) is 20.3. The number of nitrogens with one attached hydrogen (secondary N) is 1. The predicted octanol–water partition coefficient (Wildman–Crippen LogP) is 4.01. The lowest BCUT2D eigenvalue weighted by Crippen LogP contribution is -2.47. The van der Waals surface area contributed by atoms with Gasteiger partial charge in [0.2, 0.25) is 0 Å². The third-order valence-corrected chi connectivity index (χ3v) is 7.77. The fourth-order valence-electron chi connectivity index (χ4n) is 4.34. The normalized spacial score (nSPS) is 18.9. The quantitative estimate of drug-likeness (QED) is 0.515. The van der Waals surface area contributed by atoms with Crippen LogP contribution in [0.3, 0.4) is 0 Å². The first-order valence-corrected chi connectivity index (χ1v) is 12.8. The highest BCUT2D eigenvalue weighted by Gasteiger charge is 2.47. The second-order valence-corrected chi connectivity index (χ2v) is 10.6. The molecule has 2 atom stereocenters. The molecule has 8 nitrogen and oxygen atoms in total. The van der Waals surface area contributed by atoms with Crippen LogP contribution >= 0.6 is 0 Å². The fraction of sp³-hybridized carbons (Fsp3) is 0.269. The molecule has 3 aromatic rings. The van der Waals surface area contributed by atoms with Gasteiger partial charge in [0.25, 0.3) is 10.0 Å². The second-order valence-electron chi connectivity index (χ2n) is 8.89. The minimum Gasteiger partial charge on any atom is -0.457 e. The molecule has 1 aromatic heterocycles.